The third kappa shape index (κ3) is 5.18. The highest BCUT2D eigenvalue weighted by Crippen LogP contribution is 2.33. The predicted octanol–water partition coefficient (Wildman–Crippen LogP) is 4.57. The summed E-state index contributed by atoms with van der Waals surface area (Å²) in [5.74, 6) is -0.244. The van der Waals surface area contributed by atoms with Gasteiger partial charge in [0, 0.05) is 43.3 Å². The Labute approximate surface area is 203 Å². The van der Waals surface area contributed by atoms with Gasteiger partial charge in [0.1, 0.15) is 5.82 Å². The molecule has 0 bridgehead atoms. The van der Waals surface area contributed by atoms with Gasteiger partial charge in [-0.15, -0.1) is 0 Å². The number of likely N-dealkylation sites (tertiary alicyclic amines) is 2. The molecule has 2 atom stereocenters. The van der Waals surface area contributed by atoms with Gasteiger partial charge in [-0.2, -0.15) is 0 Å². The second-order valence-electron chi connectivity index (χ2n) is 9.12. The number of amides is 2. The van der Waals surface area contributed by atoms with E-state index < -0.39 is 5.82 Å². The summed E-state index contributed by atoms with van der Waals surface area (Å²) >= 11 is 12.3. The number of aryl methyl sites for hydroxylation is 2. The van der Waals surface area contributed by atoms with Crippen molar-refractivity contribution in [1.82, 2.24) is 15.1 Å². The third-order valence-corrected chi connectivity index (χ3v) is 7.61. The molecule has 33 heavy (non-hydrogen) atoms. The average Bonchev–Trinajstić information content (AvgIpc) is 3.35. The number of carbonyl (C=O) groups excluding carboxylic acids is 2. The fourth-order valence-electron chi connectivity index (χ4n) is 4.79. The van der Waals surface area contributed by atoms with Gasteiger partial charge in [-0.1, -0.05) is 35.3 Å². The van der Waals surface area contributed by atoms with E-state index >= 15 is 0 Å². The first kappa shape index (κ1) is 24.0. The van der Waals surface area contributed by atoms with Gasteiger partial charge in [0.05, 0.1) is 10.6 Å². The SMILES string of the molecule is Cc1ccc(C(=O)NCCCN2CC3CN(C(=O)c4c(F)ccc(C)c4Cl)CC3C2)cc1Cl. The van der Waals surface area contributed by atoms with E-state index in [4.69, 9.17) is 23.2 Å². The number of fused-ring (bicyclic) bond motifs is 1. The van der Waals surface area contributed by atoms with E-state index in [9.17, 15) is 14.0 Å². The summed E-state index contributed by atoms with van der Waals surface area (Å²) in [5, 5.41) is 3.74. The van der Waals surface area contributed by atoms with Crippen LogP contribution in [0.4, 0.5) is 4.39 Å². The smallest absolute Gasteiger partial charge is 0.258 e. The van der Waals surface area contributed by atoms with Crippen LogP contribution < -0.4 is 5.32 Å². The maximum absolute atomic E-state index is 14.3. The Bertz CT molecular complexity index is 1060. The van der Waals surface area contributed by atoms with Crippen LogP contribution in [0.5, 0.6) is 0 Å². The molecule has 2 fully saturated rings. The summed E-state index contributed by atoms with van der Waals surface area (Å²) in [6.07, 6.45) is 0.845. The first-order valence-electron chi connectivity index (χ1n) is 11.2. The van der Waals surface area contributed by atoms with Crippen molar-refractivity contribution in [2.45, 2.75) is 20.3 Å². The third-order valence-electron chi connectivity index (χ3n) is 6.72. The van der Waals surface area contributed by atoms with Crippen LogP contribution >= 0.6 is 23.2 Å². The fourth-order valence-corrected chi connectivity index (χ4v) is 5.20. The molecule has 2 aromatic rings. The maximum Gasteiger partial charge on any atom is 0.258 e. The molecule has 0 saturated carbocycles. The fraction of sp³-hybridized carbons (Fsp3) is 0.440. The summed E-state index contributed by atoms with van der Waals surface area (Å²) in [6.45, 7) is 8.19. The van der Waals surface area contributed by atoms with Gasteiger partial charge in [-0.3, -0.25) is 9.59 Å². The second kappa shape index (κ2) is 10.00. The Morgan fingerprint density at radius 1 is 1.03 bits per heavy atom. The average molecular weight is 492 g/mol. The molecule has 0 aromatic heterocycles. The Morgan fingerprint density at radius 3 is 2.36 bits per heavy atom. The molecular weight excluding hydrogens is 464 g/mol. The summed E-state index contributed by atoms with van der Waals surface area (Å²) in [4.78, 5) is 29.3. The largest absolute Gasteiger partial charge is 0.352 e. The molecule has 2 unspecified atom stereocenters. The van der Waals surface area contributed by atoms with Crippen molar-refractivity contribution in [2.24, 2.45) is 11.8 Å². The summed E-state index contributed by atoms with van der Waals surface area (Å²) < 4.78 is 14.3. The molecule has 2 saturated heterocycles. The zero-order chi connectivity index (χ0) is 23.7. The lowest BCUT2D eigenvalue weighted by molar-refractivity contribution is 0.0769. The summed E-state index contributed by atoms with van der Waals surface area (Å²) in [7, 11) is 0. The van der Waals surface area contributed by atoms with E-state index in [0.717, 1.165) is 31.6 Å². The summed E-state index contributed by atoms with van der Waals surface area (Å²) in [5.41, 5.74) is 2.19. The molecule has 8 heteroatoms. The number of carbonyl (C=O) groups is 2. The molecule has 2 amide bonds. The number of hydrogen-bond donors (Lipinski definition) is 1. The number of hydrogen-bond acceptors (Lipinski definition) is 3. The van der Waals surface area contributed by atoms with Crippen LogP contribution in [-0.4, -0.2) is 60.9 Å². The van der Waals surface area contributed by atoms with E-state index in [-0.39, 0.29) is 22.4 Å². The number of nitrogens with zero attached hydrogens (tertiary/aromatic N) is 2. The van der Waals surface area contributed by atoms with E-state index in [2.05, 4.69) is 10.2 Å². The first-order valence-corrected chi connectivity index (χ1v) is 12.0. The van der Waals surface area contributed by atoms with E-state index in [1.165, 1.54) is 6.07 Å². The zero-order valence-electron chi connectivity index (χ0n) is 18.8. The molecule has 2 aliphatic heterocycles. The van der Waals surface area contributed by atoms with Crippen LogP contribution in [-0.2, 0) is 0 Å². The van der Waals surface area contributed by atoms with Crippen LogP contribution in [0.15, 0.2) is 30.3 Å². The Balaban J connectivity index is 1.22. The van der Waals surface area contributed by atoms with Crippen LogP contribution in [0, 0.1) is 31.5 Å². The number of halogens is 3. The van der Waals surface area contributed by atoms with Gasteiger partial charge in [-0.25, -0.2) is 4.39 Å². The molecule has 1 N–H and O–H groups in total. The minimum Gasteiger partial charge on any atom is -0.352 e. The highest BCUT2D eigenvalue weighted by Gasteiger charge is 2.42. The summed E-state index contributed by atoms with van der Waals surface area (Å²) in [6, 6.07) is 8.20. The van der Waals surface area contributed by atoms with Crippen LogP contribution in [0.1, 0.15) is 38.3 Å². The van der Waals surface area contributed by atoms with Gasteiger partial charge in [-0.05, 0) is 68.0 Å². The van der Waals surface area contributed by atoms with Gasteiger partial charge < -0.3 is 15.1 Å². The highest BCUT2D eigenvalue weighted by atomic mass is 35.5. The van der Waals surface area contributed by atoms with Gasteiger partial charge in [0.15, 0.2) is 0 Å². The van der Waals surface area contributed by atoms with E-state index in [1.54, 1.807) is 30.0 Å². The van der Waals surface area contributed by atoms with Crippen LogP contribution in [0.3, 0.4) is 0 Å². The lowest BCUT2D eigenvalue weighted by atomic mass is 10.0. The second-order valence-corrected chi connectivity index (χ2v) is 9.90. The van der Waals surface area contributed by atoms with Gasteiger partial charge >= 0.3 is 0 Å². The molecule has 2 heterocycles. The van der Waals surface area contributed by atoms with Gasteiger partial charge in [0.25, 0.3) is 11.8 Å². The topological polar surface area (TPSA) is 52.7 Å². The molecule has 0 spiro atoms. The standard InChI is InChI=1S/C25H28Cl2FN3O2/c1-15-4-6-17(10-20(15)26)24(32)29-8-3-9-30-11-18-13-31(14-19(18)12-30)25(33)22-21(28)7-5-16(2)23(22)27/h4-7,10,18-19H,3,8-9,11-14H2,1-2H3,(H,29,32). The van der Waals surface area contributed by atoms with Crippen molar-refractivity contribution in [3.05, 3.63) is 68.4 Å². The van der Waals surface area contributed by atoms with Crippen LogP contribution in [0.2, 0.25) is 10.0 Å². The first-order chi connectivity index (χ1) is 15.7. The molecule has 2 aromatic carbocycles. The van der Waals surface area contributed by atoms with Crippen molar-refractivity contribution in [3.8, 4) is 0 Å². The van der Waals surface area contributed by atoms with Crippen molar-refractivity contribution in [1.29, 1.82) is 0 Å². The Hall–Kier alpha value is -2.15. The molecule has 0 radical (unpaired) electrons. The predicted molar refractivity (Wildman–Crippen MR) is 129 cm³/mol. The molecule has 0 aliphatic carbocycles. The Morgan fingerprint density at radius 2 is 1.70 bits per heavy atom. The number of nitrogens with one attached hydrogen (secondary N) is 1. The molecular formula is C25H28Cl2FN3O2. The molecule has 5 nitrogen and oxygen atoms in total. The minimum atomic E-state index is -0.566. The van der Waals surface area contributed by atoms with Crippen molar-refractivity contribution in [3.63, 3.8) is 0 Å². The van der Waals surface area contributed by atoms with Crippen molar-refractivity contribution < 1.29 is 14.0 Å². The quantitative estimate of drug-likeness (QED) is 0.601. The number of benzene rings is 2. The van der Waals surface area contributed by atoms with Gasteiger partial charge in [0.2, 0.25) is 0 Å². The Kier molecular flexibility index (Phi) is 7.27. The van der Waals surface area contributed by atoms with Crippen LogP contribution in [0.25, 0.3) is 0 Å². The van der Waals surface area contributed by atoms with Crippen molar-refractivity contribution >= 4 is 35.0 Å². The van der Waals surface area contributed by atoms with E-state index in [0.29, 0.717) is 47.6 Å². The monoisotopic (exact) mass is 491 g/mol. The molecule has 4 rings (SSSR count). The van der Waals surface area contributed by atoms with Crippen molar-refractivity contribution in [2.75, 3.05) is 39.3 Å². The maximum atomic E-state index is 14.3. The minimum absolute atomic E-state index is 0.0147. The number of rotatable bonds is 6. The normalized spacial score (nSPS) is 20.2. The molecule has 176 valence electrons. The highest BCUT2D eigenvalue weighted by molar-refractivity contribution is 6.34. The lowest BCUT2D eigenvalue weighted by Gasteiger charge is -2.22. The molecule has 2 aliphatic rings. The zero-order valence-corrected chi connectivity index (χ0v) is 20.3. The van der Waals surface area contributed by atoms with E-state index in [1.807, 2.05) is 13.0 Å². The lowest BCUT2D eigenvalue weighted by Crippen LogP contribution is -2.35.